The Kier molecular flexibility index (Phi) is 5.05. The number of nitrogens with one attached hydrogen (secondary N) is 1. The summed E-state index contributed by atoms with van der Waals surface area (Å²) in [7, 11) is 0. The predicted octanol–water partition coefficient (Wildman–Crippen LogP) is 4.11. The van der Waals surface area contributed by atoms with Crippen LogP contribution in [0.25, 0.3) is 11.0 Å². The van der Waals surface area contributed by atoms with E-state index in [-0.39, 0.29) is 17.8 Å². The molecule has 150 valence electrons. The number of fused-ring (bicyclic) bond motifs is 1. The summed E-state index contributed by atoms with van der Waals surface area (Å²) in [6.45, 7) is 0.0542. The van der Waals surface area contributed by atoms with Crippen molar-refractivity contribution in [1.29, 1.82) is 0 Å². The maximum Gasteiger partial charge on any atom is 0.265 e. The average Bonchev–Trinajstić information content (AvgIpc) is 2.73. The molecule has 8 heteroatoms. The number of anilines is 1. The van der Waals surface area contributed by atoms with Crippen molar-refractivity contribution < 1.29 is 18.0 Å². The normalized spacial score (nSPS) is 10.9. The Balaban J connectivity index is 1.78. The molecule has 0 radical (unpaired) electrons. The SMILES string of the molecule is O=C(Nc1ccc(F)cc1F)c1cc2cccnc2n(Cc2ccc(F)cc2)c1=O. The quantitative estimate of drug-likeness (QED) is 0.552. The van der Waals surface area contributed by atoms with Crippen molar-refractivity contribution in [3.8, 4) is 0 Å². The van der Waals surface area contributed by atoms with Gasteiger partial charge in [-0.15, -0.1) is 0 Å². The van der Waals surface area contributed by atoms with Crippen molar-refractivity contribution in [3.63, 3.8) is 0 Å². The van der Waals surface area contributed by atoms with Gasteiger partial charge in [0.1, 0.15) is 28.7 Å². The van der Waals surface area contributed by atoms with Crippen LogP contribution in [0.15, 0.2) is 71.7 Å². The lowest BCUT2D eigenvalue weighted by atomic mass is 10.1. The molecule has 2 aromatic heterocycles. The lowest BCUT2D eigenvalue weighted by molar-refractivity contribution is 0.102. The van der Waals surface area contributed by atoms with Crippen molar-refractivity contribution >= 4 is 22.6 Å². The zero-order chi connectivity index (χ0) is 21.3. The third kappa shape index (κ3) is 3.80. The lowest BCUT2D eigenvalue weighted by Crippen LogP contribution is -2.30. The molecule has 2 aromatic carbocycles. The van der Waals surface area contributed by atoms with Crippen molar-refractivity contribution in [2.24, 2.45) is 0 Å². The van der Waals surface area contributed by atoms with E-state index in [0.717, 1.165) is 12.1 Å². The summed E-state index contributed by atoms with van der Waals surface area (Å²) in [5.41, 5.74) is -0.159. The minimum atomic E-state index is -0.961. The van der Waals surface area contributed by atoms with Crippen molar-refractivity contribution in [2.75, 3.05) is 5.32 Å². The first-order valence-corrected chi connectivity index (χ1v) is 8.92. The molecule has 0 unspecified atom stereocenters. The van der Waals surface area contributed by atoms with Gasteiger partial charge in [-0.1, -0.05) is 12.1 Å². The van der Waals surface area contributed by atoms with Crippen LogP contribution in [0.1, 0.15) is 15.9 Å². The van der Waals surface area contributed by atoms with Crippen molar-refractivity contribution in [2.45, 2.75) is 6.54 Å². The second-order valence-electron chi connectivity index (χ2n) is 6.57. The Hall–Kier alpha value is -3.94. The molecule has 0 aliphatic heterocycles. The van der Waals surface area contributed by atoms with Gasteiger partial charge in [0, 0.05) is 17.6 Å². The van der Waals surface area contributed by atoms with Gasteiger partial charge in [-0.3, -0.25) is 14.2 Å². The Morgan fingerprint density at radius 1 is 0.967 bits per heavy atom. The summed E-state index contributed by atoms with van der Waals surface area (Å²) in [4.78, 5) is 30.0. The first kappa shape index (κ1) is 19.4. The molecule has 5 nitrogen and oxygen atoms in total. The zero-order valence-electron chi connectivity index (χ0n) is 15.4. The first-order chi connectivity index (χ1) is 14.4. The molecule has 0 aliphatic carbocycles. The summed E-state index contributed by atoms with van der Waals surface area (Å²) in [5.74, 6) is -3.01. The summed E-state index contributed by atoms with van der Waals surface area (Å²) < 4.78 is 41.5. The van der Waals surface area contributed by atoms with Gasteiger partial charge in [-0.25, -0.2) is 18.2 Å². The van der Waals surface area contributed by atoms with Gasteiger partial charge >= 0.3 is 0 Å². The van der Waals surface area contributed by atoms with Gasteiger partial charge in [0.05, 0.1) is 12.2 Å². The van der Waals surface area contributed by atoms with E-state index < -0.39 is 28.9 Å². The second-order valence-corrected chi connectivity index (χ2v) is 6.57. The monoisotopic (exact) mass is 409 g/mol. The highest BCUT2D eigenvalue weighted by Crippen LogP contribution is 2.17. The fraction of sp³-hybridized carbons (Fsp3) is 0.0455. The molecule has 1 N–H and O–H groups in total. The molecule has 2 heterocycles. The van der Waals surface area contributed by atoms with E-state index >= 15 is 0 Å². The predicted molar refractivity (Wildman–Crippen MR) is 106 cm³/mol. The summed E-state index contributed by atoms with van der Waals surface area (Å²) in [5, 5.41) is 2.81. The fourth-order valence-corrected chi connectivity index (χ4v) is 3.07. The first-order valence-electron chi connectivity index (χ1n) is 8.92. The molecule has 30 heavy (non-hydrogen) atoms. The molecule has 0 spiro atoms. The smallest absolute Gasteiger partial charge is 0.265 e. The molecule has 0 bridgehead atoms. The Bertz CT molecular complexity index is 1320. The van der Waals surface area contributed by atoms with Crippen LogP contribution >= 0.6 is 0 Å². The maximum atomic E-state index is 13.9. The number of benzene rings is 2. The van der Waals surface area contributed by atoms with Crippen LogP contribution in [0.4, 0.5) is 18.9 Å². The number of aromatic nitrogens is 2. The molecular weight excluding hydrogens is 395 g/mol. The maximum absolute atomic E-state index is 13.9. The van der Waals surface area contributed by atoms with E-state index in [2.05, 4.69) is 10.3 Å². The highest BCUT2D eigenvalue weighted by atomic mass is 19.1. The number of rotatable bonds is 4. The van der Waals surface area contributed by atoms with E-state index in [1.165, 1.54) is 41.1 Å². The number of pyridine rings is 2. The van der Waals surface area contributed by atoms with Crippen molar-refractivity contribution in [3.05, 3.63) is 106 Å². The molecule has 4 aromatic rings. The number of carbonyl (C=O) groups excluding carboxylic acids is 1. The molecule has 0 atom stereocenters. The lowest BCUT2D eigenvalue weighted by Gasteiger charge is -2.13. The van der Waals surface area contributed by atoms with E-state index in [4.69, 9.17) is 0 Å². The number of hydrogen-bond donors (Lipinski definition) is 1. The highest BCUT2D eigenvalue weighted by molar-refractivity contribution is 6.05. The van der Waals surface area contributed by atoms with Gasteiger partial charge in [0.15, 0.2) is 0 Å². The van der Waals surface area contributed by atoms with Gasteiger partial charge in [-0.05, 0) is 48.0 Å². The number of halogens is 3. The zero-order valence-corrected chi connectivity index (χ0v) is 15.4. The van der Waals surface area contributed by atoms with Gasteiger partial charge in [0.2, 0.25) is 0 Å². The van der Waals surface area contributed by atoms with Gasteiger partial charge in [0.25, 0.3) is 11.5 Å². The standard InChI is InChI=1S/C22H14F3N3O2/c23-15-5-3-13(4-6-15)12-28-20-14(2-1-9-26-20)10-17(22(28)30)21(29)27-19-8-7-16(24)11-18(19)25/h1-11H,12H2,(H,27,29). The Morgan fingerprint density at radius 2 is 1.70 bits per heavy atom. The fourth-order valence-electron chi connectivity index (χ4n) is 3.07. The largest absolute Gasteiger partial charge is 0.319 e. The second kappa shape index (κ2) is 7.82. The number of carbonyl (C=O) groups is 1. The van der Waals surface area contributed by atoms with Gasteiger partial charge in [-0.2, -0.15) is 0 Å². The summed E-state index contributed by atoms with van der Waals surface area (Å²) >= 11 is 0. The summed E-state index contributed by atoms with van der Waals surface area (Å²) in [6, 6.07) is 13.0. The minimum Gasteiger partial charge on any atom is -0.319 e. The van der Waals surface area contributed by atoms with Crippen LogP contribution in [0, 0.1) is 17.5 Å². The van der Waals surface area contributed by atoms with Gasteiger partial charge < -0.3 is 5.32 Å². The molecule has 1 amide bonds. The number of nitrogens with zero attached hydrogens (tertiary/aromatic N) is 2. The van der Waals surface area contributed by atoms with Crippen molar-refractivity contribution in [1.82, 2.24) is 9.55 Å². The highest BCUT2D eigenvalue weighted by Gasteiger charge is 2.18. The molecule has 0 saturated carbocycles. The summed E-state index contributed by atoms with van der Waals surface area (Å²) in [6.07, 6.45) is 1.51. The molecule has 0 aliphatic rings. The minimum absolute atomic E-state index is 0.0542. The number of amides is 1. The molecule has 0 saturated heterocycles. The van der Waals surface area contributed by atoms with Crippen LogP contribution in [0.5, 0.6) is 0 Å². The van der Waals surface area contributed by atoms with E-state index in [0.29, 0.717) is 22.7 Å². The topological polar surface area (TPSA) is 64.0 Å². The van der Waals surface area contributed by atoms with E-state index in [1.807, 2.05) is 0 Å². The van der Waals surface area contributed by atoms with Crippen LogP contribution < -0.4 is 10.9 Å². The Morgan fingerprint density at radius 3 is 2.43 bits per heavy atom. The van der Waals surface area contributed by atoms with Crippen LogP contribution in [0.3, 0.4) is 0 Å². The van der Waals surface area contributed by atoms with Crippen LogP contribution in [0.2, 0.25) is 0 Å². The average molecular weight is 409 g/mol. The molecular formula is C22H14F3N3O2. The third-order valence-electron chi connectivity index (χ3n) is 4.53. The number of hydrogen-bond acceptors (Lipinski definition) is 3. The Labute approximate surface area is 168 Å². The molecule has 0 fully saturated rings. The van der Waals surface area contributed by atoms with Crippen LogP contribution in [-0.2, 0) is 6.54 Å². The van der Waals surface area contributed by atoms with Crippen LogP contribution in [-0.4, -0.2) is 15.5 Å². The van der Waals surface area contributed by atoms with E-state index in [1.54, 1.807) is 12.1 Å². The van der Waals surface area contributed by atoms with E-state index in [9.17, 15) is 22.8 Å². The third-order valence-corrected chi connectivity index (χ3v) is 4.53. The molecule has 4 rings (SSSR count).